The van der Waals surface area contributed by atoms with E-state index in [1.54, 1.807) is 13.8 Å². The van der Waals surface area contributed by atoms with Crippen LogP contribution in [0.4, 0.5) is 0 Å². The first-order chi connectivity index (χ1) is 38.2. The molecule has 0 aromatic heterocycles. The third kappa shape index (κ3) is 15.4. The molecular formula is C66H74O2S10. The zero-order valence-corrected chi connectivity index (χ0v) is 54.4. The average molecular weight is 1220 g/mol. The molecule has 2 heterocycles. The second-order valence-corrected chi connectivity index (χ2v) is 32.8. The molecule has 410 valence electrons. The largest absolute Gasteiger partial charge is 0.287 e. The van der Waals surface area contributed by atoms with Crippen molar-refractivity contribution in [2.45, 2.75) is 154 Å². The van der Waals surface area contributed by atoms with Crippen molar-refractivity contribution in [1.82, 2.24) is 0 Å². The van der Waals surface area contributed by atoms with Gasteiger partial charge in [-0.2, -0.15) is 0 Å². The third-order valence-electron chi connectivity index (χ3n) is 14.2. The van der Waals surface area contributed by atoms with Crippen molar-refractivity contribution in [1.29, 1.82) is 0 Å². The third-order valence-corrected chi connectivity index (χ3v) is 27.2. The Labute approximate surface area is 510 Å². The predicted molar refractivity (Wildman–Crippen MR) is 364 cm³/mol. The van der Waals surface area contributed by atoms with Crippen LogP contribution in [0.5, 0.6) is 0 Å². The van der Waals surface area contributed by atoms with Gasteiger partial charge in [0.1, 0.15) is 0 Å². The summed E-state index contributed by atoms with van der Waals surface area (Å²) < 4.78 is 8.76. The summed E-state index contributed by atoms with van der Waals surface area (Å²) in [6.07, 6.45) is 20.4. The number of fused-ring (bicyclic) bond motifs is 6. The molecular weight excluding hydrogens is 1150 g/mol. The second kappa shape index (κ2) is 30.5. The van der Waals surface area contributed by atoms with Crippen LogP contribution >= 0.6 is 118 Å². The molecule has 5 aromatic rings. The lowest BCUT2D eigenvalue weighted by Crippen LogP contribution is -1.89. The van der Waals surface area contributed by atoms with Crippen LogP contribution in [-0.2, 0) is 9.59 Å². The molecule has 12 heteroatoms. The molecule has 78 heavy (non-hydrogen) atoms. The number of hydrogen-bond acceptors (Lipinski definition) is 12. The Balaban J connectivity index is 1.17. The highest BCUT2D eigenvalue weighted by Crippen LogP contribution is 2.66. The van der Waals surface area contributed by atoms with Gasteiger partial charge in [-0.25, -0.2) is 0 Å². The fraction of sp³-hybridized carbons (Fsp3) is 0.394. The molecule has 5 aromatic carbocycles. The van der Waals surface area contributed by atoms with E-state index in [1.165, 1.54) is 218 Å². The molecule has 0 amide bonds. The second-order valence-electron chi connectivity index (χ2n) is 20.2. The molecule has 4 aliphatic rings. The SMILES string of the molecule is CCCCCCSC1=C(SCCCCCC)SC(=C2c3cc(-c4ccc(SC(C)=O)cc4)ccc3-c3cc4c(cc32)-c2ccc(-c3ccc(SC(C)=O)cc3)cc2C4=C2SC(SCCCCCC)=C(SCCCCCC)S2)S1. The van der Waals surface area contributed by atoms with E-state index in [0.29, 0.717) is 0 Å². The lowest BCUT2D eigenvalue weighted by atomic mass is 9.96. The number of rotatable bonds is 28. The van der Waals surface area contributed by atoms with Gasteiger partial charge in [-0.05, 0) is 164 Å². The van der Waals surface area contributed by atoms with E-state index in [1.807, 2.05) is 47.0 Å². The first kappa shape index (κ1) is 60.5. The first-order valence-corrected chi connectivity index (χ1v) is 37.3. The summed E-state index contributed by atoms with van der Waals surface area (Å²) in [5.41, 5.74) is 18.0. The molecule has 2 nitrogen and oxygen atoms in total. The van der Waals surface area contributed by atoms with Crippen LogP contribution in [0, 0.1) is 0 Å². The fourth-order valence-corrected chi connectivity index (χ4v) is 23.6. The van der Waals surface area contributed by atoms with Crippen molar-refractivity contribution in [3.8, 4) is 44.5 Å². The van der Waals surface area contributed by atoms with E-state index in [0.717, 1.165) is 43.9 Å². The summed E-state index contributed by atoms with van der Waals surface area (Å²) in [4.78, 5) is 26.1. The Morgan fingerprint density at radius 1 is 0.333 bits per heavy atom. The summed E-state index contributed by atoms with van der Waals surface area (Å²) in [7, 11) is 0. The number of thioether (sulfide) groups is 10. The van der Waals surface area contributed by atoms with Gasteiger partial charge in [0, 0.05) is 34.8 Å². The van der Waals surface area contributed by atoms with Gasteiger partial charge in [0.2, 0.25) is 0 Å². The smallest absolute Gasteiger partial charge is 0.190 e. The molecule has 0 spiro atoms. The van der Waals surface area contributed by atoms with Crippen LogP contribution < -0.4 is 0 Å². The van der Waals surface area contributed by atoms with Crippen LogP contribution in [0.15, 0.2) is 132 Å². The van der Waals surface area contributed by atoms with E-state index in [-0.39, 0.29) is 10.2 Å². The maximum Gasteiger partial charge on any atom is 0.190 e. The van der Waals surface area contributed by atoms with Gasteiger partial charge in [0.25, 0.3) is 0 Å². The lowest BCUT2D eigenvalue weighted by Gasteiger charge is -2.12. The Kier molecular flexibility index (Phi) is 23.6. The van der Waals surface area contributed by atoms with E-state index in [2.05, 4.69) is 172 Å². The van der Waals surface area contributed by atoms with Crippen LogP contribution in [0.2, 0.25) is 0 Å². The molecule has 0 saturated heterocycles. The number of unbranched alkanes of at least 4 members (excludes halogenated alkanes) is 12. The van der Waals surface area contributed by atoms with Gasteiger partial charge in [0.05, 0.1) is 25.4 Å². The van der Waals surface area contributed by atoms with Crippen LogP contribution in [-0.4, -0.2) is 33.2 Å². The fourth-order valence-electron chi connectivity index (χ4n) is 10.2. The maximum absolute atomic E-state index is 12.1. The highest BCUT2D eigenvalue weighted by atomic mass is 32.3. The number of carbonyl (C=O) groups is 2. The molecule has 0 unspecified atom stereocenters. The zero-order chi connectivity index (χ0) is 54.4. The molecule has 0 bridgehead atoms. The Morgan fingerprint density at radius 2 is 0.628 bits per heavy atom. The van der Waals surface area contributed by atoms with Crippen molar-refractivity contribution >= 4 is 139 Å². The van der Waals surface area contributed by atoms with E-state index >= 15 is 0 Å². The van der Waals surface area contributed by atoms with Crippen molar-refractivity contribution in [2.24, 2.45) is 0 Å². The summed E-state index contributed by atoms with van der Waals surface area (Å²) in [6, 6.07) is 36.6. The molecule has 2 aliphatic carbocycles. The van der Waals surface area contributed by atoms with Gasteiger partial charge in [-0.3, -0.25) is 9.59 Å². The molecule has 0 N–H and O–H groups in total. The maximum atomic E-state index is 12.1. The molecule has 9 rings (SSSR count). The summed E-state index contributed by atoms with van der Waals surface area (Å²) in [5.74, 6) is 4.65. The first-order valence-electron chi connectivity index (χ1n) is 28.4. The lowest BCUT2D eigenvalue weighted by molar-refractivity contribution is -0.109. The van der Waals surface area contributed by atoms with E-state index in [4.69, 9.17) is 0 Å². The predicted octanol–water partition coefficient (Wildman–Crippen LogP) is 24.2. The Hall–Kier alpha value is -2.10. The molecule has 0 fully saturated rings. The molecule has 0 saturated carbocycles. The van der Waals surface area contributed by atoms with Crippen molar-refractivity contribution in [3.63, 3.8) is 0 Å². The minimum absolute atomic E-state index is 0.104. The zero-order valence-electron chi connectivity index (χ0n) is 46.3. The van der Waals surface area contributed by atoms with Gasteiger partial charge < -0.3 is 0 Å². The minimum Gasteiger partial charge on any atom is -0.287 e. The Bertz CT molecular complexity index is 2810. The summed E-state index contributed by atoms with van der Waals surface area (Å²) in [6.45, 7) is 12.5. The normalized spacial score (nSPS) is 14.5. The summed E-state index contributed by atoms with van der Waals surface area (Å²) in [5, 5.41) is 0.207. The molecule has 0 radical (unpaired) electrons. The van der Waals surface area contributed by atoms with Crippen LogP contribution in [0.1, 0.15) is 167 Å². The molecule has 2 aliphatic heterocycles. The number of hydrogen-bond donors (Lipinski definition) is 0. The van der Waals surface area contributed by atoms with Gasteiger partial charge >= 0.3 is 0 Å². The highest BCUT2D eigenvalue weighted by Gasteiger charge is 2.37. The van der Waals surface area contributed by atoms with Crippen molar-refractivity contribution in [3.05, 3.63) is 145 Å². The van der Waals surface area contributed by atoms with Crippen LogP contribution in [0.3, 0.4) is 0 Å². The minimum atomic E-state index is 0.104. The van der Waals surface area contributed by atoms with E-state index in [9.17, 15) is 9.59 Å². The topological polar surface area (TPSA) is 34.1 Å². The van der Waals surface area contributed by atoms with Gasteiger partial charge in [0.15, 0.2) is 10.2 Å². The van der Waals surface area contributed by atoms with Gasteiger partial charge in [-0.1, -0.05) is 224 Å². The van der Waals surface area contributed by atoms with Crippen LogP contribution in [0.25, 0.3) is 55.7 Å². The standard InChI is InChI=1S/C66H74O2S10/c1-7-11-15-19-35-69-63-64(70-36-20-16-12-8-2)76-61(75-63)59-55-39-47(45-23-29-49(30-24-45)73-43(5)67)27-33-51(55)53-42-58-54(41-57(53)59)52-34-28-48(46-25-31-50(32-26-46)74-44(6)68)40-56(52)60(58)62-77-65(71-37-21-17-13-9-3)66(78-62)72-38-22-18-14-10-4/h23-34,39-42H,7-22,35-38H2,1-6H3. The molecule has 0 atom stereocenters. The highest BCUT2D eigenvalue weighted by molar-refractivity contribution is 8.41. The monoisotopic (exact) mass is 1220 g/mol. The number of benzene rings is 5. The Morgan fingerprint density at radius 3 is 0.923 bits per heavy atom. The quantitative estimate of drug-likeness (QED) is 0.0346. The van der Waals surface area contributed by atoms with Crippen molar-refractivity contribution < 1.29 is 9.59 Å². The summed E-state index contributed by atoms with van der Waals surface area (Å²) >= 11 is 19.1. The average Bonchev–Trinajstić information content (AvgIpc) is 3.90. The number of carbonyl (C=O) groups excluding carboxylic acids is 2. The van der Waals surface area contributed by atoms with E-state index < -0.39 is 0 Å². The van der Waals surface area contributed by atoms with Gasteiger partial charge in [-0.15, -0.1) is 47.0 Å². The van der Waals surface area contributed by atoms with Crippen molar-refractivity contribution in [2.75, 3.05) is 23.0 Å².